The van der Waals surface area contributed by atoms with Gasteiger partial charge in [0.2, 0.25) is 5.91 Å². The molecule has 0 aliphatic heterocycles. The zero-order valence-corrected chi connectivity index (χ0v) is 17.4. The van der Waals surface area contributed by atoms with E-state index in [1.54, 1.807) is 10.8 Å². The zero-order valence-electron chi connectivity index (χ0n) is 17.4. The van der Waals surface area contributed by atoms with Crippen molar-refractivity contribution in [1.82, 2.24) is 9.88 Å². The highest BCUT2D eigenvalue weighted by Crippen LogP contribution is 2.28. The number of fused-ring (bicyclic) bond motifs is 1. The molecule has 2 amide bonds. The lowest BCUT2D eigenvalue weighted by atomic mass is 9.86. The molecule has 156 valence electrons. The Balaban J connectivity index is 1.58. The zero-order chi connectivity index (χ0) is 21.8. The Hall–Kier alpha value is -3.86. The van der Waals surface area contributed by atoms with Gasteiger partial charge in [0, 0.05) is 29.1 Å². The van der Waals surface area contributed by atoms with Gasteiger partial charge in [-0.15, -0.1) is 0 Å². The van der Waals surface area contributed by atoms with Crippen LogP contribution in [0.5, 0.6) is 0 Å². The van der Waals surface area contributed by atoms with Crippen LogP contribution in [0.1, 0.15) is 34.3 Å². The number of hydrogen-bond donors (Lipinski definition) is 2. The van der Waals surface area contributed by atoms with E-state index in [0.29, 0.717) is 5.56 Å². The van der Waals surface area contributed by atoms with E-state index in [0.717, 1.165) is 22.0 Å². The first-order valence-corrected chi connectivity index (χ1v) is 10.3. The van der Waals surface area contributed by atoms with Gasteiger partial charge in [-0.05, 0) is 24.1 Å². The normalized spacial score (nSPS) is 12.1. The molecule has 3 aromatic carbocycles. The molecule has 1 unspecified atom stereocenters. The molecule has 0 saturated carbocycles. The summed E-state index contributed by atoms with van der Waals surface area (Å²) in [5, 5.41) is 3.90. The molecule has 0 fully saturated rings. The van der Waals surface area contributed by atoms with Crippen LogP contribution in [0.2, 0.25) is 0 Å². The highest BCUT2D eigenvalue weighted by Gasteiger charge is 2.23. The van der Waals surface area contributed by atoms with E-state index in [1.807, 2.05) is 67.6 Å². The van der Waals surface area contributed by atoms with E-state index in [2.05, 4.69) is 29.6 Å². The van der Waals surface area contributed by atoms with Gasteiger partial charge in [-0.2, -0.15) is 0 Å². The summed E-state index contributed by atoms with van der Waals surface area (Å²) in [6.07, 6.45) is 1.66. The summed E-state index contributed by atoms with van der Waals surface area (Å²) in [6, 6.07) is 27.7. The number of benzene rings is 3. The van der Waals surface area contributed by atoms with E-state index < -0.39 is 5.91 Å². The fourth-order valence-corrected chi connectivity index (χ4v) is 4.20. The minimum Gasteiger partial charge on any atom is -0.366 e. The Morgan fingerprint density at radius 2 is 1.42 bits per heavy atom. The van der Waals surface area contributed by atoms with Crippen molar-refractivity contribution in [3.63, 3.8) is 0 Å². The van der Waals surface area contributed by atoms with Crippen LogP contribution >= 0.6 is 0 Å². The van der Waals surface area contributed by atoms with Crippen molar-refractivity contribution in [3.05, 3.63) is 108 Å². The SMILES string of the molecule is CC(NC(=O)Cn1cc(C(N)=O)c2ccccc21)C(c1ccccc1)c1ccccc1. The van der Waals surface area contributed by atoms with Crippen molar-refractivity contribution in [1.29, 1.82) is 0 Å². The second-order valence-electron chi connectivity index (χ2n) is 7.71. The van der Waals surface area contributed by atoms with Crippen molar-refractivity contribution in [2.75, 3.05) is 0 Å². The molecular weight excluding hydrogens is 386 g/mol. The number of amides is 2. The predicted octanol–water partition coefficient (Wildman–Crippen LogP) is 4.08. The first-order valence-electron chi connectivity index (χ1n) is 10.3. The summed E-state index contributed by atoms with van der Waals surface area (Å²) in [6.45, 7) is 2.12. The van der Waals surface area contributed by atoms with Gasteiger partial charge in [-0.1, -0.05) is 78.9 Å². The number of nitrogens with zero attached hydrogens (tertiary/aromatic N) is 1. The Labute approximate surface area is 181 Å². The number of nitrogens with one attached hydrogen (secondary N) is 1. The summed E-state index contributed by atoms with van der Waals surface area (Å²) in [5.74, 6) is -0.605. The lowest BCUT2D eigenvalue weighted by Crippen LogP contribution is -2.39. The first-order chi connectivity index (χ1) is 15.0. The molecule has 1 aromatic heterocycles. The molecule has 0 aliphatic carbocycles. The molecule has 4 aromatic rings. The minimum atomic E-state index is -0.503. The van der Waals surface area contributed by atoms with Gasteiger partial charge in [0.05, 0.1) is 5.56 Å². The molecule has 0 aliphatic rings. The number of carbonyl (C=O) groups is 2. The summed E-state index contributed by atoms with van der Waals surface area (Å²) >= 11 is 0. The number of primary amides is 1. The predicted molar refractivity (Wildman–Crippen MR) is 123 cm³/mol. The number of rotatable bonds is 7. The van der Waals surface area contributed by atoms with E-state index in [4.69, 9.17) is 5.73 Å². The van der Waals surface area contributed by atoms with Crippen LogP contribution in [0.25, 0.3) is 10.9 Å². The molecule has 0 spiro atoms. The second kappa shape index (κ2) is 8.88. The number of carbonyl (C=O) groups excluding carboxylic acids is 2. The topological polar surface area (TPSA) is 77.1 Å². The van der Waals surface area contributed by atoms with E-state index in [9.17, 15) is 9.59 Å². The Kier molecular flexibility index (Phi) is 5.85. The molecule has 4 rings (SSSR count). The molecule has 0 radical (unpaired) electrons. The molecule has 31 heavy (non-hydrogen) atoms. The maximum Gasteiger partial charge on any atom is 0.250 e. The molecule has 0 bridgehead atoms. The largest absolute Gasteiger partial charge is 0.366 e. The quantitative estimate of drug-likeness (QED) is 0.481. The van der Waals surface area contributed by atoms with Crippen LogP contribution in [-0.4, -0.2) is 22.4 Å². The Bertz CT molecular complexity index is 1160. The Morgan fingerprint density at radius 1 is 0.871 bits per heavy atom. The standard InChI is InChI=1S/C26H25N3O2/c1-18(25(19-10-4-2-5-11-19)20-12-6-3-7-13-20)28-24(30)17-29-16-22(26(27)31)21-14-8-9-15-23(21)29/h2-16,18,25H,17H2,1H3,(H2,27,31)(H,28,30). The third kappa shape index (κ3) is 4.36. The van der Waals surface area contributed by atoms with Gasteiger partial charge >= 0.3 is 0 Å². The average molecular weight is 412 g/mol. The van der Waals surface area contributed by atoms with Crippen LogP contribution < -0.4 is 11.1 Å². The summed E-state index contributed by atoms with van der Waals surface area (Å²) in [7, 11) is 0. The number of para-hydroxylation sites is 1. The summed E-state index contributed by atoms with van der Waals surface area (Å²) in [4.78, 5) is 24.8. The molecular formula is C26H25N3O2. The van der Waals surface area contributed by atoms with Crippen molar-refractivity contribution in [2.45, 2.75) is 25.4 Å². The number of hydrogen-bond acceptors (Lipinski definition) is 2. The second-order valence-corrected chi connectivity index (χ2v) is 7.71. The van der Waals surface area contributed by atoms with E-state index in [1.165, 1.54) is 0 Å². The molecule has 1 atom stereocenters. The van der Waals surface area contributed by atoms with Crippen LogP contribution in [0, 0.1) is 0 Å². The lowest BCUT2D eigenvalue weighted by Gasteiger charge is -2.26. The average Bonchev–Trinajstić information content (AvgIpc) is 3.14. The van der Waals surface area contributed by atoms with E-state index >= 15 is 0 Å². The number of aromatic nitrogens is 1. The van der Waals surface area contributed by atoms with Crippen molar-refractivity contribution >= 4 is 22.7 Å². The van der Waals surface area contributed by atoms with Gasteiger partial charge < -0.3 is 15.6 Å². The summed E-state index contributed by atoms with van der Waals surface area (Å²) < 4.78 is 1.78. The maximum atomic E-state index is 13.0. The minimum absolute atomic E-state index is 0.0222. The highest BCUT2D eigenvalue weighted by atomic mass is 16.2. The highest BCUT2D eigenvalue weighted by molar-refractivity contribution is 6.06. The van der Waals surface area contributed by atoms with Gasteiger partial charge in [0.1, 0.15) is 6.54 Å². The van der Waals surface area contributed by atoms with Gasteiger partial charge in [0.15, 0.2) is 0 Å². The summed E-state index contributed by atoms with van der Waals surface area (Å²) in [5.41, 5.74) is 9.03. The van der Waals surface area contributed by atoms with Gasteiger partial charge in [-0.25, -0.2) is 0 Å². The molecule has 5 nitrogen and oxygen atoms in total. The maximum absolute atomic E-state index is 13.0. The third-order valence-electron chi connectivity index (χ3n) is 5.57. The van der Waals surface area contributed by atoms with Crippen LogP contribution in [-0.2, 0) is 11.3 Å². The van der Waals surface area contributed by atoms with Gasteiger partial charge in [0.25, 0.3) is 5.91 Å². The first kappa shape index (κ1) is 20.4. The molecule has 0 saturated heterocycles. The smallest absolute Gasteiger partial charge is 0.250 e. The van der Waals surface area contributed by atoms with E-state index in [-0.39, 0.29) is 24.4 Å². The van der Waals surface area contributed by atoms with Crippen LogP contribution in [0.3, 0.4) is 0 Å². The van der Waals surface area contributed by atoms with Crippen molar-refractivity contribution in [2.24, 2.45) is 5.73 Å². The fourth-order valence-electron chi connectivity index (χ4n) is 4.20. The van der Waals surface area contributed by atoms with Gasteiger partial charge in [-0.3, -0.25) is 9.59 Å². The van der Waals surface area contributed by atoms with Crippen molar-refractivity contribution in [3.8, 4) is 0 Å². The van der Waals surface area contributed by atoms with Crippen LogP contribution in [0.4, 0.5) is 0 Å². The number of nitrogens with two attached hydrogens (primary N) is 1. The lowest BCUT2D eigenvalue weighted by molar-refractivity contribution is -0.122. The monoisotopic (exact) mass is 411 g/mol. The molecule has 3 N–H and O–H groups in total. The molecule has 1 heterocycles. The van der Waals surface area contributed by atoms with Crippen molar-refractivity contribution < 1.29 is 9.59 Å². The Morgan fingerprint density at radius 3 is 2.00 bits per heavy atom. The molecule has 5 heteroatoms. The van der Waals surface area contributed by atoms with Crippen LogP contribution in [0.15, 0.2) is 91.1 Å². The third-order valence-corrected chi connectivity index (χ3v) is 5.57. The fraction of sp³-hybridized carbons (Fsp3) is 0.154.